The Kier molecular flexibility index (Phi) is 7.22. The number of hydrogen-bond acceptors (Lipinski definition) is 5. The van der Waals surface area contributed by atoms with E-state index in [1.165, 1.54) is 11.4 Å². The summed E-state index contributed by atoms with van der Waals surface area (Å²) >= 11 is 0. The molecule has 1 aliphatic heterocycles. The van der Waals surface area contributed by atoms with Gasteiger partial charge in [-0.15, -0.1) is 0 Å². The summed E-state index contributed by atoms with van der Waals surface area (Å²) in [6.07, 6.45) is 2.45. The molecule has 8 heteroatoms. The summed E-state index contributed by atoms with van der Waals surface area (Å²) in [6, 6.07) is 4.84. The first-order valence-corrected chi connectivity index (χ1v) is 9.85. The molecule has 25 heavy (non-hydrogen) atoms. The van der Waals surface area contributed by atoms with Crippen LogP contribution in [-0.2, 0) is 26.0 Å². The first kappa shape index (κ1) is 19.7. The molecule has 0 radical (unpaired) electrons. The Bertz CT molecular complexity index is 684. The van der Waals surface area contributed by atoms with E-state index in [0.29, 0.717) is 44.0 Å². The quantitative estimate of drug-likeness (QED) is 0.660. The van der Waals surface area contributed by atoms with Crippen LogP contribution >= 0.6 is 0 Å². The highest BCUT2D eigenvalue weighted by molar-refractivity contribution is 7.89. The summed E-state index contributed by atoms with van der Waals surface area (Å²) in [5.41, 5.74) is 0.713. The van der Waals surface area contributed by atoms with Gasteiger partial charge in [-0.05, 0) is 43.0 Å². The van der Waals surface area contributed by atoms with Gasteiger partial charge in [-0.3, -0.25) is 4.79 Å². The van der Waals surface area contributed by atoms with Crippen molar-refractivity contribution in [3.05, 3.63) is 23.8 Å². The van der Waals surface area contributed by atoms with Gasteiger partial charge in [0.1, 0.15) is 5.75 Å². The molecule has 1 aromatic carbocycles. The molecule has 1 N–H and O–H groups in total. The van der Waals surface area contributed by atoms with E-state index in [1.54, 1.807) is 25.3 Å². The molecule has 0 atom stereocenters. The summed E-state index contributed by atoms with van der Waals surface area (Å²) in [5, 5.41) is 2.75. The Morgan fingerprint density at radius 1 is 1.24 bits per heavy atom. The lowest BCUT2D eigenvalue weighted by Gasteiger charge is -2.17. The van der Waals surface area contributed by atoms with Gasteiger partial charge >= 0.3 is 0 Å². The van der Waals surface area contributed by atoms with Crippen LogP contribution in [0, 0.1) is 0 Å². The molecule has 0 aromatic heterocycles. The lowest BCUT2D eigenvalue weighted by molar-refractivity contribution is -0.121. The van der Waals surface area contributed by atoms with Crippen LogP contribution in [0.2, 0.25) is 0 Å². The highest BCUT2D eigenvalue weighted by Gasteiger charge is 2.27. The minimum Gasteiger partial charge on any atom is -0.496 e. The topological polar surface area (TPSA) is 84.9 Å². The van der Waals surface area contributed by atoms with Crippen molar-refractivity contribution in [1.29, 1.82) is 0 Å². The van der Waals surface area contributed by atoms with Crippen molar-refractivity contribution in [2.45, 2.75) is 30.6 Å². The summed E-state index contributed by atoms with van der Waals surface area (Å²) in [6.45, 7) is 2.03. The number of carbonyl (C=O) groups is 1. The van der Waals surface area contributed by atoms with E-state index in [2.05, 4.69) is 5.32 Å². The predicted molar refractivity (Wildman–Crippen MR) is 94.2 cm³/mol. The van der Waals surface area contributed by atoms with Gasteiger partial charge in [0.2, 0.25) is 15.9 Å². The predicted octanol–water partition coefficient (Wildman–Crippen LogP) is 1.17. The van der Waals surface area contributed by atoms with Gasteiger partial charge in [-0.2, -0.15) is 4.31 Å². The SMILES string of the molecule is COCCNC(=O)CCc1cc(S(=O)(=O)N2CCCC2)ccc1OC. The number of methoxy groups -OCH3 is 2. The van der Waals surface area contributed by atoms with Crippen molar-refractivity contribution in [2.75, 3.05) is 40.5 Å². The number of aryl methyl sites for hydroxylation is 1. The van der Waals surface area contributed by atoms with E-state index in [0.717, 1.165) is 12.8 Å². The van der Waals surface area contributed by atoms with Crippen molar-refractivity contribution < 1.29 is 22.7 Å². The fraction of sp³-hybridized carbons (Fsp3) is 0.588. The van der Waals surface area contributed by atoms with Gasteiger partial charge in [0.25, 0.3) is 0 Å². The molecular formula is C17H26N2O5S. The van der Waals surface area contributed by atoms with E-state index < -0.39 is 10.0 Å². The molecule has 0 saturated carbocycles. The Morgan fingerprint density at radius 2 is 1.96 bits per heavy atom. The van der Waals surface area contributed by atoms with Crippen molar-refractivity contribution in [3.8, 4) is 5.75 Å². The third-order valence-corrected chi connectivity index (χ3v) is 6.10. The van der Waals surface area contributed by atoms with E-state index in [9.17, 15) is 13.2 Å². The maximum atomic E-state index is 12.7. The number of hydrogen-bond donors (Lipinski definition) is 1. The minimum atomic E-state index is -3.48. The van der Waals surface area contributed by atoms with Crippen molar-refractivity contribution >= 4 is 15.9 Å². The lowest BCUT2D eigenvalue weighted by atomic mass is 10.1. The molecule has 1 heterocycles. The molecule has 1 fully saturated rings. The first-order valence-electron chi connectivity index (χ1n) is 8.41. The molecule has 1 aliphatic rings. The van der Waals surface area contributed by atoms with Gasteiger partial charge in [-0.1, -0.05) is 0 Å². The maximum Gasteiger partial charge on any atom is 0.243 e. The standard InChI is InChI=1S/C17H26N2O5S/c1-23-12-9-18-17(20)8-5-14-13-15(6-7-16(14)24-2)25(21,22)19-10-3-4-11-19/h6-7,13H,3-5,8-12H2,1-2H3,(H,18,20). The smallest absolute Gasteiger partial charge is 0.243 e. The maximum absolute atomic E-state index is 12.7. The van der Waals surface area contributed by atoms with Crippen LogP contribution in [0.4, 0.5) is 0 Å². The zero-order valence-electron chi connectivity index (χ0n) is 14.8. The second-order valence-corrected chi connectivity index (χ2v) is 7.87. The number of sulfonamides is 1. The molecule has 1 saturated heterocycles. The number of amides is 1. The number of nitrogens with one attached hydrogen (secondary N) is 1. The molecule has 1 amide bonds. The van der Waals surface area contributed by atoms with Crippen molar-refractivity contribution in [3.63, 3.8) is 0 Å². The summed E-state index contributed by atoms with van der Waals surface area (Å²) < 4.78 is 37.1. The third kappa shape index (κ3) is 5.17. The number of carbonyl (C=O) groups excluding carboxylic acids is 1. The summed E-state index contributed by atoms with van der Waals surface area (Å²) in [5.74, 6) is 0.483. The van der Waals surface area contributed by atoms with Crippen LogP contribution in [0.25, 0.3) is 0 Å². The van der Waals surface area contributed by atoms with Gasteiger partial charge in [0, 0.05) is 33.2 Å². The van der Waals surface area contributed by atoms with Crippen LogP contribution in [0.1, 0.15) is 24.8 Å². The molecular weight excluding hydrogens is 344 g/mol. The first-order chi connectivity index (χ1) is 12.0. The number of ether oxygens (including phenoxy) is 2. The molecule has 0 unspecified atom stereocenters. The fourth-order valence-electron chi connectivity index (χ4n) is 2.82. The number of rotatable bonds is 9. The second-order valence-electron chi connectivity index (χ2n) is 5.93. The molecule has 0 spiro atoms. The average Bonchev–Trinajstić information content (AvgIpc) is 3.15. The van der Waals surface area contributed by atoms with Gasteiger partial charge in [0.05, 0.1) is 18.6 Å². The molecule has 0 aliphatic carbocycles. The van der Waals surface area contributed by atoms with Crippen LogP contribution in [0.5, 0.6) is 5.75 Å². The number of benzene rings is 1. The van der Waals surface area contributed by atoms with Gasteiger partial charge in [-0.25, -0.2) is 8.42 Å². The Hall–Kier alpha value is -1.64. The van der Waals surface area contributed by atoms with Crippen LogP contribution in [0.15, 0.2) is 23.1 Å². The van der Waals surface area contributed by atoms with Crippen LogP contribution in [0.3, 0.4) is 0 Å². The van der Waals surface area contributed by atoms with Crippen LogP contribution < -0.4 is 10.1 Å². The van der Waals surface area contributed by atoms with Crippen LogP contribution in [-0.4, -0.2) is 59.1 Å². The van der Waals surface area contributed by atoms with Crippen molar-refractivity contribution in [2.24, 2.45) is 0 Å². The summed E-state index contributed by atoms with van der Waals surface area (Å²) in [7, 11) is -0.375. The molecule has 0 bridgehead atoms. The zero-order chi connectivity index (χ0) is 18.3. The van der Waals surface area contributed by atoms with E-state index in [4.69, 9.17) is 9.47 Å². The highest BCUT2D eigenvalue weighted by Crippen LogP contribution is 2.27. The normalized spacial score (nSPS) is 15.3. The van der Waals surface area contributed by atoms with E-state index >= 15 is 0 Å². The van der Waals surface area contributed by atoms with Gasteiger partial charge in [0.15, 0.2) is 0 Å². The monoisotopic (exact) mass is 370 g/mol. The molecule has 7 nitrogen and oxygen atoms in total. The Labute approximate surface area is 149 Å². The third-order valence-electron chi connectivity index (χ3n) is 4.20. The fourth-order valence-corrected chi connectivity index (χ4v) is 4.39. The van der Waals surface area contributed by atoms with E-state index in [1.807, 2.05) is 0 Å². The molecule has 1 aromatic rings. The molecule has 2 rings (SSSR count). The van der Waals surface area contributed by atoms with E-state index in [-0.39, 0.29) is 17.2 Å². The summed E-state index contributed by atoms with van der Waals surface area (Å²) in [4.78, 5) is 12.1. The Balaban J connectivity index is 2.10. The average molecular weight is 370 g/mol. The minimum absolute atomic E-state index is 0.105. The lowest BCUT2D eigenvalue weighted by Crippen LogP contribution is -2.28. The highest BCUT2D eigenvalue weighted by atomic mass is 32.2. The zero-order valence-corrected chi connectivity index (χ0v) is 15.6. The van der Waals surface area contributed by atoms with Gasteiger partial charge < -0.3 is 14.8 Å². The second kappa shape index (κ2) is 9.17. The number of nitrogens with zero attached hydrogens (tertiary/aromatic N) is 1. The Morgan fingerprint density at radius 3 is 2.60 bits per heavy atom. The molecule has 140 valence electrons. The largest absolute Gasteiger partial charge is 0.496 e. The van der Waals surface area contributed by atoms with Crippen molar-refractivity contribution in [1.82, 2.24) is 9.62 Å².